The Bertz CT molecular complexity index is 810. The summed E-state index contributed by atoms with van der Waals surface area (Å²) in [5, 5.41) is 3.57. The number of rotatable bonds is 4. The fourth-order valence-electron chi connectivity index (χ4n) is 2.43. The van der Waals surface area contributed by atoms with Crippen molar-refractivity contribution in [3.63, 3.8) is 0 Å². The number of ether oxygens (including phenoxy) is 1. The van der Waals surface area contributed by atoms with Crippen LogP contribution in [0.3, 0.4) is 0 Å². The van der Waals surface area contributed by atoms with Gasteiger partial charge in [0.05, 0.1) is 17.5 Å². The van der Waals surface area contributed by atoms with Crippen molar-refractivity contribution in [1.82, 2.24) is 4.90 Å². The zero-order valence-electron chi connectivity index (χ0n) is 15.1. The minimum absolute atomic E-state index is 0.00138. The van der Waals surface area contributed by atoms with Crippen LogP contribution >= 0.6 is 0 Å². The maximum absolute atomic E-state index is 12.5. The molecule has 10 heteroatoms. The molecule has 0 aromatic heterocycles. The second-order valence-corrected chi connectivity index (χ2v) is 8.63. The standard InChI is InChI=1S/C16H22N4O5S/c1-11-5-7-12(8-6-11)26(22,23)25-14-10-20(9-13(14)18-19-17)15(21)24-16(2,3)4/h5-8,13-14H,9-10H2,1-4H3/t13-,14-/m0/s1. The molecule has 0 bridgehead atoms. The lowest BCUT2D eigenvalue weighted by molar-refractivity contribution is 0.0276. The average molecular weight is 382 g/mol. The highest BCUT2D eigenvalue weighted by molar-refractivity contribution is 7.86. The molecule has 1 aliphatic heterocycles. The van der Waals surface area contributed by atoms with Gasteiger partial charge in [0.25, 0.3) is 10.1 Å². The number of nitrogens with zero attached hydrogens (tertiary/aromatic N) is 4. The van der Waals surface area contributed by atoms with Gasteiger partial charge >= 0.3 is 6.09 Å². The van der Waals surface area contributed by atoms with E-state index < -0.39 is 34.0 Å². The second kappa shape index (κ2) is 7.53. The molecule has 1 fully saturated rings. The predicted molar refractivity (Wildman–Crippen MR) is 94.0 cm³/mol. The summed E-state index contributed by atoms with van der Waals surface area (Å²) >= 11 is 0. The van der Waals surface area contributed by atoms with E-state index in [0.717, 1.165) is 5.56 Å². The minimum Gasteiger partial charge on any atom is -0.444 e. The summed E-state index contributed by atoms with van der Waals surface area (Å²) in [6.45, 7) is 6.98. The third-order valence-electron chi connectivity index (χ3n) is 3.65. The molecule has 2 rings (SSSR count). The van der Waals surface area contributed by atoms with Crippen LogP contribution in [0.2, 0.25) is 0 Å². The molecule has 1 aromatic rings. The van der Waals surface area contributed by atoms with E-state index in [1.807, 2.05) is 6.92 Å². The van der Waals surface area contributed by atoms with E-state index in [0.29, 0.717) is 0 Å². The summed E-state index contributed by atoms with van der Waals surface area (Å²) in [6.07, 6.45) is -1.60. The number of likely N-dealkylation sites (tertiary alicyclic amines) is 1. The van der Waals surface area contributed by atoms with Gasteiger partial charge in [0.1, 0.15) is 11.7 Å². The quantitative estimate of drug-likeness (QED) is 0.343. The number of amides is 1. The van der Waals surface area contributed by atoms with Crippen LogP contribution in [-0.2, 0) is 19.0 Å². The van der Waals surface area contributed by atoms with E-state index in [1.165, 1.54) is 17.0 Å². The zero-order valence-corrected chi connectivity index (χ0v) is 15.9. The topological polar surface area (TPSA) is 122 Å². The van der Waals surface area contributed by atoms with Crippen molar-refractivity contribution in [2.75, 3.05) is 13.1 Å². The van der Waals surface area contributed by atoms with Crippen molar-refractivity contribution >= 4 is 16.2 Å². The number of carbonyl (C=O) groups is 1. The predicted octanol–water partition coefficient (Wildman–Crippen LogP) is 3.00. The number of azide groups is 1. The molecule has 1 amide bonds. The van der Waals surface area contributed by atoms with Gasteiger partial charge in [-0.2, -0.15) is 8.42 Å². The van der Waals surface area contributed by atoms with Gasteiger partial charge in [-0.3, -0.25) is 4.18 Å². The van der Waals surface area contributed by atoms with Crippen molar-refractivity contribution in [1.29, 1.82) is 0 Å². The molecule has 1 saturated heterocycles. The first-order valence-electron chi connectivity index (χ1n) is 8.04. The molecule has 0 aliphatic carbocycles. The first-order valence-corrected chi connectivity index (χ1v) is 9.45. The van der Waals surface area contributed by atoms with Crippen LogP contribution in [0.1, 0.15) is 26.3 Å². The van der Waals surface area contributed by atoms with Gasteiger partial charge in [0.2, 0.25) is 0 Å². The van der Waals surface area contributed by atoms with Crippen LogP contribution in [0.15, 0.2) is 34.3 Å². The van der Waals surface area contributed by atoms with E-state index in [1.54, 1.807) is 32.9 Å². The van der Waals surface area contributed by atoms with Crippen LogP contribution in [0, 0.1) is 6.92 Å². The molecule has 0 N–H and O–H groups in total. The lowest BCUT2D eigenvalue weighted by atomic mass is 10.2. The Morgan fingerprint density at radius 1 is 1.27 bits per heavy atom. The summed E-state index contributed by atoms with van der Waals surface area (Å²) in [7, 11) is -4.06. The minimum atomic E-state index is -4.06. The fourth-order valence-corrected chi connectivity index (χ4v) is 3.52. The highest BCUT2D eigenvalue weighted by atomic mass is 32.2. The lowest BCUT2D eigenvalue weighted by Crippen LogP contribution is -2.36. The van der Waals surface area contributed by atoms with Gasteiger partial charge in [-0.1, -0.05) is 22.8 Å². The van der Waals surface area contributed by atoms with Crippen LogP contribution in [-0.4, -0.2) is 50.2 Å². The molecule has 142 valence electrons. The van der Waals surface area contributed by atoms with E-state index in [4.69, 9.17) is 14.5 Å². The number of hydrogen-bond donors (Lipinski definition) is 0. The largest absolute Gasteiger partial charge is 0.444 e. The van der Waals surface area contributed by atoms with E-state index in [2.05, 4.69) is 10.0 Å². The highest BCUT2D eigenvalue weighted by Crippen LogP contribution is 2.24. The Balaban J connectivity index is 2.17. The van der Waals surface area contributed by atoms with Gasteiger partial charge in [0, 0.05) is 11.5 Å². The second-order valence-electron chi connectivity index (χ2n) is 7.06. The number of carbonyl (C=O) groups excluding carboxylic acids is 1. The molecule has 9 nitrogen and oxygen atoms in total. The molecule has 0 unspecified atom stereocenters. The monoisotopic (exact) mass is 382 g/mol. The van der Waals surface area contributed by atoms with Crippen LogP contribution in [0.25, 0.3) is 10.4 Å². The van der Waals surface area contributed by atoms with E-state index in [9.17, 15) is 13.2 Å². The Kier molecular flexibility index (Phi) is 5.80. The molecule has 26 heavy (non-hydrogen) atoms. The van der Waals surface area contributed by atoms with Gasteiger partial charge in [-0.05, 0) is 45.4 Å². The number of benzene rings is 1. The normalized spacial score (nSPS) is 20.5. The fraction of sp³-hybridized carbons (Fsp3) is 0.562. The smallest absolute Gasteiger partial charge is 0.410 e. The first-order chi connectivity index (χ1) is 12.0. The maximum atomic E-state index is 12.5. The van der Waals surface area contributed by atoms with Crippen molar-refractivity contribution in [3.05, 3.63) is 40.3 Å². The van der Waals surface area contributed by atoms with Gasteiger partial charge in [-0.25, -0.2) is 4.79 Å². The summed E-state index contributed by atoms with van der Waals surface area (Å²) in [5.74, 6) is 0. The molecule has 0 radical (unpaired) electrons. The van der Waals surface area contributed by atoms with Gasteiger partial charge in [0.15, 0.2) is 0 Å². The van der Waals surface area contributed by atoms with Crippen LogP contribution in [0.5, 0.6) is 0 Å². The Hall–Kier alpha value is -2.29. The molecule has 0 saturated carbocycles. The van der Waals surface area contributed by atoms with Crippen molar-refractivity contribution < 1.29 is 22.1 Å². The lowest BCUT2D eigenvalue weighted by Gasteiger charge is -2.24. The Morgan fingerprint density at radius 2 is 1.88 bits per heavy atom. The highest BCUT2D eigenvalue weighted by Gasteiger charge is 2.40. The van der Waals surface area contributed by atoms with Crippen molar-refractivity contribution in [2.45, 2.75) is 50.3 Å². The summed E-state index contributed by atoms with van der Waals surface area (Å²) in [5.41, 5.74) is 8.93. The molecule has 1 heterocycles. The molecule has 0 spiro atoms. The summed E-state index contributed by atoms with van der Waals surface area (Å²) in [6, 6.07) is 5.36. The zero-order chi connectivity index (χ0) is 19.5. The third-order valence-corrected chi connectivity index (χ3v) is 5.00. The summed E-state index contributed by atoms with van der Waals surface area (Å²) in [4.78, 5) is 16.2. The van der Waals surface area contributed by atoms with E-state index >= 15 is 0 Å². The molecule has 1 aromatic carbocycles. The molecular weight excluding hydrogens is 360 g/mol. The van der Waals surface area contributed by atoms with Crippen LogP contribution in [0.4, 0.5) is 4.79 Å². The third kappa shape index (κ3) is 5.10. The number of hydrogen-bond acceptors (Lipinski definition) is 6. The number of aryl methyl sites for hydroxylation is 1. The maximum Gasteiger partial charge on any atom is 0.410 e. The van der Waals surface area contributed by atoms with Crippen molar-refractivity contribution in [3.8, 4) is 0 Å². The van der Waals surface area contributed by atoms with Crippen molar-refractivity contribution in [2.24, 2.45) is 5.11 Å². The van der Waals surface area contributed by atoms with Gasteiger partial charge in [-0.15, -0.1) is 0 Å². The molecule has 2 atom stereocenters. The van der Waals surface area contributed by atoms with Gasteiger partial charge < -0.3 is 9.64 Å². The Labute approximate surface area is 152 Å². The average Bonchev–Trinajstić information content (AvgIpc) is 2.89. The SMILES string of the molecule is Cc1ccc(S(=O)(=O)O[C@H]2CN(C(=O)OC(C)(C)C)C[C@@H]2N=[N+]=[N-])cc1. The summed E-state index contributed by atoms with van der Waals surface area (Å²) < 4.78 is 35.5. The Morgan fingerprint density at radius 3 is 2.42 bits per heavy atom. The molecular formula is C16H22N4O5S. The van der Waals surface area contributed by atoms with E-state index in [-0.39, 0.29) is 18.0 Å². The first kappa shape index (κ1) is 20.0. The molecule has 1 aliphatic rings. The van der Waals surface area contributed by atoms with Crippen LogP contribution < -0.4 is 0 Å².